The molecule has 0 radical (unpaired) electrons. The molecule has 21 heavy (non-hydrogen) atoms. The highest BCUT2D eigenvalue weighted by molar-refractivity contribution is 6.00. The summed E-state index contributed by atoms with van der Waals surface area (Å²) >= 11 is 0. The predicted octanol–water partition coefficient (Wildman–Crippen LogP) is -0.472. The fourth-order valence-corrected chi connectivity index (χ4v) is 2.83. The first-order chi connectivity index (χ1) is 9.74. The summed E-state index contributed by atoms with van der Waals surface area (Å²) in [6.07, 6.45) is -0.0300. The molecule has 116 valence electrons. The molecule has 4 amide bonds. The van der Waals surface area contributed by atoms with Crippen LogP contribution in [0.1, 0.15) is 19.3 Å². The molecule has 0 aromatic carbocycles. The van der Waals surface area contributed by atoms with E-state index >= 15 is 0 Å². The van der Waals surface area contributed by atoms with Crippen LogP contribution in [0.4, 0.5) is 13.6 Å². The van der Waals surface area contributed by atoms with Gasteiger partial charge in [0.05, 0.1) is 6.04 Å². The first-order valence-electron chi connectivity index (χ1n) is 6.53. The van der Waals surface area contributed by atoms with Crippen LogP contribution in [0.5, 0.6) is 0 Å². The van der Waals surface area contributed by atoms with E-state index in [0.717, 1.165) is 4.90 Å². The zero-order valence-electron chi connectivity index (χ0n) is 10.9. The number of hydrogen-bond donors (Lipinski definition) is 2. The average molecular weight is 304 g/mol. The number of amides is 4. The molecule has 2 saturated heterocycles. The van der Waals surface area contributed by atoms with Crippen molar-refractivity contribution in [1.29, 1.82) is 0 Å². The van der Waals surface area contributed by atoms with Gasteiger partial charge in [-0.1, -0.05) is 0 Å². The number of nitrogens with zero attached hydrogens (tertiary/aromatic N) is 3. The summed E-state index contributed by atoms with van der Waals surface area (Å²) in [6, 6.07) is -2.14. The number of piperidine rings is 1. The highest BCUT2D eigenvalue weighted by atomic mass is 19.3. The van der Waals surface area contributed by atoms with Crippen molar-refractivity contribution < 1.29 is 28.4 Å². The van der Waals surface area contributed by atoms with Crippen LogP contribution in [-0.2, 0) is 9.59 Å². The van der Waals surface area contributed by atoms with E-state index in [9.17, 15) is 28.4 Å². The van der Waals surface area contributed by atoms with Gasteiger partial charge in [0.25, 0.3) is 17.7 Å². The zero-order chi connectivity index (χ0) is 15.5. The number of carbonyl (C=O) groups excluding carboxylic acids is 3. The van der Waals surface area contributed by atoms with Crippen LogP contribution in [0.25, 0.3) is 0 Å². The second-order valence-electron chi connectivity index (χ2n) is 5.59. The zero-order valence-corrected chi connectivity index (χ0v) is 10.9. The maximum absolute atomic E-state index is 12.9. The molecule has 8 nitrogen and oxygen atoms in total. The van der Waals surface area contributed by atoms with Crippen molar-refractivity contribution in [3.63, 3.8) is 0 Å². The van der Waals surface area contributed by atoms with Crippen LogP contribution in [0.15, 0.2) is 0 Å². The molecule has 0 aromatic rings. The van der Waals surface area contributed by atoms with Crippen LogP contribution < -0.4 is 5.84 Å². The molecule has 2 heterocycles. The Kier molecular flexibility index (Phi) is 2.92. The third-order valence-electron chi connectivity index (χ3n) is 4.23. The highest BCUT2D eigenvalue weighted by Crippen LogP contribution is 2.49. The Bertz CT molecular complexity index is 528. The minimum atomic E-state index is -3.11. The highest BCUT2D eigenvalue weighted by Gasteiger charge is 2.63. The number of hydroxylamine groups is 2. The van der Waals surface area contributed by atoms with Crippen molar-refractivity contribution in [2.45, 2.75) is 37.3 Å². The lowest BCUT2D eigenvalue weighted by Gasteiger charge is -2.31. The van der Waals surface area contributed by atoms with Crippen LogP contribution in [0.2, 0.25) is 0 Å². The molecule has 3 unspecified atom stereocenters. The summed E-state index contributed by atoms with van der Waals surface area (Å²) in [5.41, 5.74) is 0. The Labute approximate surface area is 118 Å². The summed E-state index contributed by atoms with van der Waals surface area (Å²) in [5, 5.41) is 10.2. The van der Waals surface area contributed by atoms with E-state index in [-0.39, 0.29) is 18.0 Å². The molecule has 0 spiro atoms. The fraction of sp³-hybridized carbons (Fsp3) is 0.727. The molecule has 1 saturated carbocycles. The van der Waals surface area contributed by atoms with Crippen molar-refractivity contribution in [3.8, 4) is 0 Å². The Morgan fingerprint density at radius 3 is 2.52 bits per heavy atom. The topological polar surface area (TPSA) is 107 Å². The van der Waals surface area contributed by atoms with E-state index in [1.54, 1.807) is 0 Å². The third-order valence-corrected chi connectivity index (χ3v) is 4.23. The normalized spacial score (nSPS) is 33.1. The number of fused-ring (bicyclic) bond motifs is 2. The predicted molar refractivity (Wildman–Crippen MR) is 61.6 cm³/mol. The summed E-state index contributed by atoms with van der Waals surface area (Å²) < 4.78 is 25.7. The average Bonchev–Trinajstić information content (AvgIpc) is 3.05. The lowest BCUT2D eigenvalue weighted by Crippen LogP contribution is -2.55. The molecule has 2 bridgehead atoms. The Morgan fingerprint density at radius 2 is 1.95 bits per heavy atom. The van der Waals surface area contributed by atoms with Gasteiger partial charge in [-0.3, -0.25) is 14.8 Å². The molecule has 3 fully saturated rings. The Hall–Kier alpha value is -1.81. The van der Waals surface area contributed by atoms with Crippen molar-refractivity contribution >= 4 is 17.8 Å². The van der Waals surface area contributed by atoms with Gasteiger partial charge in [-0.25, -0.2) is 29.5 Å². The van der Waals surface area contributed by atoms with Gasteiger partial charge in [-0.2, -0.15) is 0 Å². The number of urea groups is 1. The smallest absolute Gasteiger partial charge is 0.309 e. The van der Waals surface area contributed by atoms with Crippen LogP contribution in [-0.4, -0.2) is 62.6 Å². The van der Waals surface area contributed by atoms with E-state index in [0.29, 0.717) is 11.5 Å². The first kappa shape index (κ1) is 14.1. The quantitative estimate of drug-likeness (QED) is 0.236. The first-order valence-corrected chi connectivity index (χ1v) is 6.53. The third kappa shape index (κ3) is 2.05. The van der Waals surface area contributed by atoms with E-state index in [1.807, 2.05) is 0 Å². The molecule has 3 N–H and O–H groups in total. The summed E-state index contributed by atoms with van der Waals surface area (Å²) in [7, 11) is 0. The van der Waals surface area contributed by atoms with Gasteiger partial charge in [-0.05, 0) is 12.8 Å². The molecule has 3 rings (SSSR count). The maximum atomic E-state index is 12.9. The summed E-state index contributed by atoms with van der Waals surface area (Å²) in [5.74, 6) is -1.36. The van der Waals surface area contributed by atoms with Crippen LogP contribution in [0, 0.1) is 5.92 Å². The largest absolute Gasteiger partial charge is 0.344 e. The second kappa shape index (κ2) is 4.34. The van der Waals surface area contributed by atoms with Crippen molar-refractivity contribution in [2.75, 3.05) is 6.54 Å². The van der Waals surface area contributed by atoms with Gasteiger partial charge in [0.2, 0.25) is 0 Å². The minimum Gasteiger partial charge on any atom is -0.309 e. The molecule has 0 aromatic heterocycles. The number of alkyl halides is 2. The number of halogens is 2. The molecule has 1 aliphatic carbocycles. The van der Waals surface area contributed by atoms with Gasteiger partial charge < -0.3 is 4.90 Å². The lowest BCUT2D eigenvalue weighted by molar-refractivity contribution is -0.150. The van der Waals surface area contributed by atoms with E-state index in [2.05, 4.69) is 0 Å². The molecule has 3 aliphatic rings. The number of carbonyl (C=O) groups is 3. The number of nitrogens with two attached hydrogens (primary N) is 1. The second-order valence-corrected chi connectivity index (χ2v) is 5.59. The summed E-state index contributed by atoms with van der Waals surface area (Å²) in [6.45, 7) is 0.146. The van der Waals surface area contributed by atoms with Crippen molar-refractivity contribution in [2.24, 2.45) is 11.8 Å². The summed E-state index contributed by atoms with van der Waals surface area (Å²) in [4.78, 5) is 36.7. The number of imide groups is 1. The Balaban J connectivity index is 1.71. The minimum absolute atomic E-state index is 0.146. The van der Waals surface area contributed by atoms with Crippen LogP contribution >= 0.6 is 0 Å². The van der Waals surface area contributed by atoms with E-state index in [4.69, 9.17) is 5.84 Å². The van der Waals surface area contributed by atoms with Crippen molar-refractivity contribution in [1.82, 2.24) is 15.0 Å². The number of hydrogen-bond acceptors (Lipinski definition) is 5. The molecular weight excluding hydrogens is 290 g/mol. The lowest BCUT2D eigenvalue weighted by atomic mass is 10.00. The number of hydrazine groups is 1. The van der Waals surface area contributed by atoms with Crippen molar-refractivity contribution in [3.05, 3.63) is 0 Å². The molecule has 3 atom stereocenters. The van der Waals surface area contributed by atoms with E-state index < -0.39 is 48.2 Å². The standard InChI is InChI=1S/C11H14F2N4O4/c12-11(13)3-6(11)8(18)16(14)9(19)7-2-1-5-4-15(7)10(20)17(5)21/h5-7,21H,1-4,14H2. The van der Waals surface area contributed by atoms with Gasteiger partial charge in [0.1, 0.15) is 12.0 Å². The maximum Gasteiger partial charge on any atom is 0.344 e. The SMILES string of the molecule is NN(C(=O)C1CCC2CN1C(=O)N2O)C(=O)C1CC1(F)F. The van der Waals surface area contributed by atoms with Gasteiger partial charge in [0.15, 0.2) is 0 Å². The fourth-order valence-electron chi connectivity index (χ4n) is 2.83. The number of rotatable bonds is 2. The monoisotopic (exact) mass is 304 g/mol. The van der Waals surface area contributed by atoms with Crippen LogP contribution in [0.3, 0.4) is 0 Å². The Morgan fingerprint density at radius 1 is 1.33 bits per heavy atom. The van der Waals surface area contributed by atoms with Gasteiger partial charge in [-0.15, -0.1) is 0 Å². The van der Waals surface area contributed by atoms with E-state index in [1.165, 1.54) is 0 Å². The molecular formula is C11H14F2N4O4. The molecule has 10 heteroatoms. The van der Waals surface area contributed by atoms with Gasteiger partial charge in [0, 0.05) is 13.0 Å². The molecule has 2 aliphatic heterocycles. The van der Waals surface area contributed by atoms with Gasteiger partial charge >= 0.3 is 6.03 Å².